The average molecular weight is 338 g/mol. The number of nitrogens with one attached hydrogen (secondary N) is 1. The number of halogens is 1. The third-order valence-corrected chi connectivity index (χ3v) is 3.10. The minimum absolute atomic E-state index is 0.123. The van der Waals surface area contributed by atoms with Gasteiger partial charge in [-0.25, -0.2) is 0 Å². The molecule has 1 aromatic heterocycles. The molecule has 0 aliphatic rings. The molecule has 1 aromatic carbocycles. The zero-order valence-electron chi connectivity index (χ0n) is 11.6. The van der Waals surface area contributed by atoms with Gasteiger partial charge in [-0.3, -0.25) is 0 Å². The minimum atomic E-state index is 0.123. The Morgan fingerprint density at radius 3 is 2.45 bits per heavy atom. The monoisotopic (exact) mass is 337 g/mol. The maximum Gasteiger partial charge on any atom is 0.323 e. The van der Waals surface area contributed by atoms with E-state index in [2.05, 4.69) is 36.2 Å². The Balaban J connectivity index is 2.35. The van der Waals surface area contributed by atoms with Gasteiger partial charge in [0, 0.05) is 10.2 Å². The van der Waals surface area contributed by atoms with Crippen molar-refractivity contribution in [1.82, 2.24) is 15.0 Å². The van der Waals surface area contributed by atoms with Gasteiger partial charge in [-0.15, -0.1) is 0 Å². The second-order valence-corrected chi connectivity index (χ2v) is 5.19. The highest BCUT2D eigenvalue weighted by molar-refractivity contribution is 9.10. The first-order valence-electron chi connectivity index (χ1n) is 6.17. The number of nitrogens with zero attached hydrogens (tertiary/aromatic N) is 3. The lowest BCUT2D eigenvalue weighted by molar-refractivity contribution is 0.312. The number of nitrogen functional groups attached to an aromatic ring is 1. The van der Waals surface area contributed by atoms with Crippen molar-refractivity contribution in [2.75, 3.05) is 17.7 Å². The molecule has 7 heteroatoms. The number of anilines is 3. The number of nitrogens with two attached hydrogens (primary N) is 1. The molecule has 0 atom stereocenters. The zero-order valence-corrected chi connectivity index (χ0v) is 13.2. The number of hydrogen-bond acceptors (Lipinski definition) is 6. The predicted molar refractivity (Wildman–Crippen MR) is 82.3 cm³/mol. The first-order valence-corrected chi connectivity index (χ1v) is 6.97. The second-order valence-electron chi connectivity index (χ2n) is 4.27. The molecule has 106 valence electrons. The van der Waals surface area contributed by atoms with Crippen LogP contribution < -0.4 is 15.8 Å². The van der Waals surface area contributed by atoms with Crippen LogP contribution in [0.4, 0.5) is 17.6 Å². The summed E-state index contributed by atoms with van der Waals surface area (Å²) in [4.78, 5) is 12.2. The van der Waals surface area contributed by atoms with Gasteiger partial charge >= 0.3 is 6.01 Å². The number of rotatable bonds is 4. The smallest absolute Gasteiger partial charge is 0.323 e. The van der Waals surface area contributed by atoms with E-state index in [4.69, 9.17) is 10.5 Å². The SMILES string of the molecule is CCOc1nc(N)nc(Nc2c(C)cc(Br)cc2C)n1. The molecular weight excluding hydrogens is 322 g/mol. The van der Waals surface area contributed by atoms with Crippen LogP contribution in [-0.4, -0.2) is 21.6 Å². The van der Waals surface area contributed by atoms with E-state index in [0.717, 1.165) is 21.3 Å². The summed E-state index contributed by atoms with van der Waals surface area (Å²) in [5.74, 6) is 0.493. The first kappa shape index (κ1) is 14.5. The summed E-state index contributed by atoms with van der Waals surface area (Å²) in [6.07, 6.45) is 0. The Morgan fingerprint density at radius 1 is 1.20 bits per heavy atom. The molecule has 0 aliphatic heterocycles. The molecule has 6 nitrogen and oxygen atoms in total. The van der Waals surface area contributed by atoms with Crippen molar-refractivity contribution in [2.24, 2.45) is 0 Å². The van der Waals surface area contributed by atoms with Crippen LogP contribution in [0, 0.1) is 13.8 Å². The van der Waals surface area contributed by atoms with Crippen molar-refractivity contribution < 1.29 is 4.74 Å². The molecule has 0 bridgehead atoms. The van der Waals surface area contributed by atoms with Gasteiger partial charge < -0.3 is 15.8 Å². The fourth-order valence-electron chi connectivity index (χ4n) is 1.84. The molecule has 2 aromatic rings. The lowest BCUT2D eigenvalue weighted by Gasteiger charge is -2.12. The number of aryl methyl sites for hydroxylation is 2. The molecule has 2 rings (SSSR count). The van der Waals surface area contributed by atoms with E-state index in [-0.39, 0.29) is 12.0 Å². The van der Waals surface area contributed by atoms with Gasteiger partial charge in [0.2, 0.25) is 11.9 Å². The van der Waals surface area contributed by atoms with E-state index < -0.39 is 0 Å². The average Bonchev–Trinajstić information content (AvgIpc) is 2.33. The van der Waals surface area contributed by atoms with Crippen LogP contribution in [0.25, 0.3) is 0 Å². The van der Waals surface area contributed by atoms with Crippen molar-refractivity contribution >= 4 is 33.5 Å². The Morgan fingerprint density at radius 2 is 1.85 bits per heavy atom. The predicted octanol–water partition coefficient (Wildman–Crippen LogP) is 2.98. The summed E-state index contributed by atoms with van der Waals surface area (Å²) in [7, 11) is 0. The van der Waals surface area contributed by atoms with Gasteiger partial charge in [0.25, 0.3) is 0 Å². The second kappa shape index (κ2) is 6.04. The summed E-state index contributed by atoms with van der Waals surface area (Å²) in [6.45, 7) is 6.34. The molecule has 0 fully saturated rings. The molecule has 20 heavy (non-hydrogen) atoms. The van der Waals surface area contributed by atoms with Gasteiger partial charge in [-0.05, 0) is 44.0 Å². The van der Waals surface area contributed by atoms with E-state index in [1.807, 2.05) is 32.9 Å². The summed E-state index contributed by atoms with van der Waals surface area (Å²) >= 11 is 3.47. The molecule has 0 saturated heterocycles. The van der Waals surface area contributed by atoms with Crippen LogP contribution in [0.15, 0.2) is 16.6 Å². The maximum absolute atomic E-state index is 5.65. The van der Waals surface area contributed by atoms with E-state index in [0.29, 0.717) is 12.6 Å². The quantitative estimate of drug-likeness (QED) is 0.891. The van der Waals surface area contributed by atoms with Crippen molar-refractivity contribution in [1.29, 1.82) is 0 Å². The lowest BCUT2D eigenvalue weighted by atomic mass is 10.1. The molecule has 1 heterocycles. The fourth-order valence-corrected chi connectivity index (χ4v) is 2.53. The number of benzene rings is 1. The number of hydrogen-bond donors (Lipinski definition) is 2. The van der Waals surface area contributed by atoms with Gasteiger partial charge in [0.15, 0.2) is 0 Å². The summed E-state index contributed by atoms with van der Waals surface area (Å²) < 4.78 is 6.29. The molecule has 0 amide bonds. The van der Waals surface area contributed by atoms with Crippen LogP contribution in [-0.2, 0) is 0 Å². The van der Waals surface area contributed by atoms with E-state index in [1.165, 1.54) is 0 Å². The number of aromatic nitrogens is 3. The molecule has 0 saturated carbocycles. The molecule has 0 unspecified atom stereocenters. The maximum atomic E-state index is 5.65. The highest BCUT2D eigenvalue weighted by atomic mass is 79.9. The normalized spacial score (nSPS) is 10.4. The number of ether oxygens (including phenoxy) is 1. The van der Waals surface area contributed by atoms with Crippen LogP contribution in [0.1, 0.15) is 18.1 Å². The van der Waals surface area contributed by atoms with Crippen molar-refractivity contribution in [3.8, 4) is 6.01 Å². The topological polar surface area (TPSA) is 86.0 Å². The van der Waals surface area contributed by atoms with E-state index >= 15 is 0 Å². The Kier molecular flexibility index (Phi) is 4.39. The van der Waals surface area contributed by atoms with Gasteiger partial charge in [0.1, 0.15) is 0 Å². The zero-order chi connectivity index (χ0) is 14.7. The highest BCUT2D eigenvalue weighted by Crippen LogP contribution is 2.27. The summed E-state index contributed by atoms with van der Waals surface area (Å²) in [6, 6.07) is 4.25. The molecule has 0 aliphatic carbocycles. The fraction of sp³-hybridized carbons (Fsp3) is 0.308. The first-order chi connectivity index (χ1) is 9.49. The molecule has 3 N–H and O–H groups in total. The van der Waals surface area contributed by atoms with Crippen LogP contribution >= 0.6 is 15.9 Å². The molecule has 0 radical (unpaired) electrons. The van der Waals surface area contributed by atoms with Crippen molar-refractivity contribution in [2.45, 2.75) is 20.8 Å². The summed E-state index contributed by atoms with van der Waals surface area (Å²) in [5.41, 5.74) is 8.75. The Hall–Kier alpha value is -1.89. The summed E-state index contributed by atoms with van der Waals surface area (Å²) in [5, 5.41) is 3.16. The Bertz CT molecular complexity index is 609. The third kappa shape index (κ3) is 3.36. The lowest BCUT2D eigenvalue weighted by Crippen LogP contribution is -2.07. The van der Waals surface area contributed by atoms with Crippen LogP contribution in [0.3, 0.4) is 0 Å². The van der Waals surface area contributed by atoms with E-state index in [9.17, 15) is 0 Å². The minimum Gasteiger partial charge on any atom is -0.464 e. The van der Waals surface area contributed by atoms with Crippen LogP contribution in [0.2, 0.25) is 0 Å². The molecular formula is C13H16BrN5O. The van der Waals surface area contributed by atoms with E-state index in [1.54, 1.807) is 0 Å². The van der Waals surface area contributed by atoms with Crippen LogP contribution in [0.5, 0.6) is 6.01 Å². The third-order valence-electron chi connectivity index (χ3n) is 2.64. The highest BCUT2D eigenvalue weighted by Gasteiger charge is 2.09. The molecule has 0 spiro atoms. The van der Waals surface area contributed by atoms with Gasteiger partial charge in [-0.1, -0.05) is 15.9 Å². The standard InChI is InChI=1S/C13H16BrN5O/c1-4-20-13-18-11(15)17-12(19-13)16-10-7(2)5-9(14)6-8(10)3/h5-6H,4H2,1-3H3,(H3,15,16,17,18,19). The largest absolute Gasteiger partial charge is 0.464 e. The van der Waals surface area contributed by atoms with Crippen molar-refractivity contribution in [3.63, 3.8) is 0 Å². The Labute approximate surface area is 125 Å². The van der Waals surface area contributed by atoms with Crippen molar-refractivity contribution in [3.05, 3.63) is 27.7 Å². The van der Waals surface area contributed by atoms with Gasteiger partial charge in [0.05, 0.1) is 6.61 Å². The van der Waals surface area contributed by atoms with Gasteiger partial charge in [-0.2, -0.15) is 15.0 Å².